The van der Waals surface area contributed by atoms with E-state index in [2.05, 4.69) is 0 Å². The minimum atomic E-state index is -0.170. The van der Waals surface area contributed by atoms with Crippen LogP contribution >= 0.6 is 0 Å². The number of aromatic hydroxyl groups is 1. The first-order chi connectivity index (χ1) is 8.13. The number of rotatable bonds is 4. The topological polar surface area (TPSA) is 86.8 Å². The molecule has 4 N–H and O–H groups in total. The number of nitrogens with zero attached hydrogens (tertiary/aromatic N) is 1. The zero-order chi connectivity index (χ0) is 12.4. The molecule has 0 saturated heterocycles. The van der Waals surface area contributed by atoms with Gasteiger partial charge in [-0.25, -0.2) is 0 Å². The van der Waals surface area contributed by atoms with Gasteiger partial charge in [0.2, 0.25) is 0 Å². The number of nitrogens with two attached hydrogens (primary N) is 1. The Morgan fingerprint density at radius 3 is 2.71 bits per heavy atom. The smallest absolute Gasteiger partial charge is 0.254 e. The SMILES string of the molecule is Nc1ccc(C(=O)N(CCO)C2CC2)cc1O. The molecule has 1 aliphatic carbocycles. The maximum atomic E-state index is 12.1. The van der Waals surface area contributed by atoms with Crippen molar-refractivity contribution in [3.8, 4) is 5.75 Å². The van der Waals surface area contributed by atoms with E-state index in [1.54, 1.807) is 11.0 Å². The highest BCUT2D eigenvalue weighted by Gasteiger charge is 2.32. The number of aliphatic hydroxyl groups excluding tert-OH is 1. The third-order valence-corrected chi connectivity index (χ3v) is 2.87. The lowest BCUT2D eigenvalue weighted by Crippen LogP contribution is -2.35. The molecule has 0 heterocycles. The standard InChI is InChI=1S/C12H16N2O3/c13-10-4-1-8(7-11(10)16)12(17)14(5-6-15)9-2-3-9/h1,4,7,9,15-16H,2-3,5-6,13H2. The number of phenols is 1. The zero-order valence-corrected chi connectivity index (χ0v) is 9.47. The molecular formula is C12H16N2O3. The monoisotopic (exact) mass is 236 g/mol. The largest absolute Gasteiger partial charge is 0.506 e. The minimum Gasteiger partial charge on any atom is -0.506 e. The molecule has 2 rings (SSSR count). The van der Waals surface area contributed by atoms with Crippen molar-refractivity contribution in [2.45, 2.75) is 18.9 Å². The quantitative estimate of drug-likeness (QED) is 0.527. The zero-order valence-electron chi connectivity index (χ0n) is 9.47. The maximum absolute atomic E-state index is 12.1. The lowest BCUT2D eigenvalue weighted by molar-refractivity contribution is 0.0707. The first-order valence-electron chi connectivity index (χ1n) is 5.64. The number of anilines is 1. The van der Waals surface area contributed by atoms with Crippen molar-refractivity contribution in [3.63, 3.8) is 0 Å². The van der Waals surface area contributed by atoms with E-state index in [0.717, 1.165) is 12.8 Å². The first-order valence-corrected chi connectivity index (χ1v) is 5.64. The van der Waals surface area contributed by atoms with Gasteiger partial charge in [0.1, 0.15) is 5.75 Å². The normalized spacial score (nSPS) is 14.6. The summed E-state index contributed by atoms with van der Waals surface area (Å²) in [7, 11) is 0. The van der Waals surface area contributed by atoms with Crippen LogP contribution in [0.25, 0.3) is 0 Å². The summed E-state index contributed by atoms with van der Waals surface area (Å²) in [5.41, 5.74) is 6.13. The summed E-state index contributed by atoms with van der Waals surface area (Å²) >= 11 is 0. The summed E-state index contributed by atoms with van der Waals surface area (Å²) in [4.78, 5) is 13.8. The van der Waals surface area contributed by atoms with Crippen LogP contribution in [0.3, 0.4) is 0 Å². The van der Waals surface area contributed by atoms with Gasteiger partial charge in [-0.15, -0.1) is 0 Å². The van der Waals surface area contributed by atoms with Gasteiger partial charge in [0.15, 0.2) is 0 Å². The Hall–Kier alpha value is -1.75. The van der Waals surface area contributed by atoms with E-state index in [-0.39, 0.29) is 30.0 Å². The van der Waals surface area contributed by atoms with Gasteiger partial charge in [0, 0.05) is 18.2 Å². The van der Waals surface area contributed by atoms with Crippen molar-refractivity contribution < 1.29 is 15.0 Å². The van der Waals surface area contributed by atoms with Crippen LogP contribution in [-0.4, -0.2) is 40.2 Å². The summed E-state index contributed by atoms with van der Waals surface area (Å²) in [5.74, 6) is -0.257. The van der Waals surface area contributed by atoms with E-state index < -0.39 is 0 Å². The van der Waals surface area contributed by atoms with Gasteiger partial charge >= 0.3 is 0 Å². The number of amides is 1. The number of hydrogen-bond donors (Lipinski definition) is 3. The fraction of sp³-hybridized carbons (Fsp3) is 0.417. The van der Waals surface area contributed by atoms with Crippen LogP contribution in [0.4, 0.5) is 5.69 Å². The molecule has 1 aliphatic rings. The van der Waals surface area contributed by atoms with E-state index in [1.807, 2.05) is 0 Å². The number of nitrogen functional groups attached to an aromatic ring is 1. The van der Waals surface area contributed by atoms with Crippen molar-refractivity contribution in [2.24, 2.45) is 0 Å². The van der Waals surface area contributed by atoms with Gasteiger partial charge in [-0.3, -0.25) is 4.79 Å². The molecule has 0 radical (unpaired) electrons. The molecule has 0 spiro atoms. The van der Waals surface area contributed by atoms with Crippen LogP contribution in [0.5, 0.6) is 5.75 Å². The van der Waals surface area contributed by atoms with Crippen LogP contribution in [0, 0.1) is 0 Å². The Morgan fingerprint density at radius 2 is 2.18 bits per heavy atom. The summed E-state index contributed by atoms with van der Waals surface area (Å²) in [6.07, 6.45) is 1.96. The predicted molar refractivity (Wildman–Crippen MR) is 63.7 cm³/mol. The first kappa shape index (κ1) is 11.7. The predicted octanol–water partition coefficient (Wildman–Crippen LogP) is 0.571. The molecule has 0 bridgehead atoms. The number of hydrogen-bond acceptors (Lipinski definition) is 4. The molecule has 1 amide bonds. The molecule has 0 unspecified atom stereocenters. The van der Waals surface area contributed by atoms with Crippen molar-refractivity contribution >= 4 is 11.6 Å². The Kier molecular flexibility index (Phi) is 3.19. The Balaban J connectivity index is 2.19. The Labute approximate surface area is 99.5 Å². The molecule has 1 fully saturated rings. The third kappa shape index (κ3) is 2.50. The van der Waals surface area contributed by atoms with E-state index in [4.69, 9.17) is 10.8 Å². The molecular weight excluding hydrogens is 220 g/mol. The molecule has 0 atom stereocenters. The van der Waals surface area contributed by atoms with Gasteiger partial charge in [0.05, 0.1) is 12.3 Å². The molecule has 5 nitrogen and oxygen atoms in total. The fourth-order valence-corrected chi connectivity index (χ4v) is 1.79. The second-order valence-corrected chi connectivity index (χ2v) is 4.23. The highest BCUT2D eigenvalue weighted by molar-refractivity contribution is 5.95. The fourth-order valence-electron chi connectivity index (χ4n) is 1.79. The summed E-state index contributed by atoms with van der Waals surface area (Å²) in [6, 6.07) is 4.69. The Morgan fingerprint density at radius 1 is 1.47 bits per heavy atom. The second-order valence-electron chi connectivity index (χ2n) is 4.23. The number of aliphatic hydroxyl groups is 1. The van der Waals surface area contributed by atoms with Crippen molar-refractivity contribution in [3.05, 3.63) is 23.8 Å². The lowest BCUT2D eigenvalue weighted by Gasteiger charge is -2.21. The molecule has 5 heteroatoms. The molecule has 92 valence electrons. The van der Waals surface area contributed by atoms with Crippen molar-refractivity contribution in [1.82, 2.24) is 4.90 Å². The number of carbonyl (C=O) groups is 1. The van der Waals surface area contributed by atoms with Gasteiger partial charge in [-0.1, -0.05) is 0 Å². The lowest BCUT2D eigenvalue weighted by atomic mass is 10.1. The van der Waals surface area contributed by atoms with Crippen LogP contribution in [-0.2, 0) is 0 Å². The van der Waals surface area contributed by atoms with Gasteiger partial charge in [0.25, 0.3) is 5.91 Å². The van der Waals surface area contributed by atoms with Gasteiger partial charge in [-0.05, 0) is 31.0 Å². The van der Waals surface area contributed by atoms with Crippen LogP contribution in [0.1, 0.15) is 23.2 Å². The van der Waals surface area contributed by atoms with Crippen molar-refractivity contribution in [1.29, 1.82) is 0 Å². The molecule has 17 heavy (non-hydrogen) atoms. The molecule has 1 aromatic carbocycles. The number of carbonyl (C=O) groups excluding carboxylic acids is 1. The highest BCUT2D eigenvalue weighted by atomic mass is 16.3. The van der Waals surface area contributed by atoms with Crippen LogP contribution in [0.15, 0.2) is 18.2 Å². The second kappa shape index (κ2) is 4.63. The van der Waals surface area contributed by atoms with Gasteiger partial charge in [-0.2, -0.15) is 0 Å². The molecule has 0 aliphatic heterocycles. The van der Waals surface area contributed by atoms with Gasteiger partial charge < -0.3 is 20.8 Å². The van der Waals surface area contributed by atoms with Crippen LogP contribution < -0.4 is 5.73 Å². The molecule has 1 saturated carbocycles. The van der Waals surface area contributed by atoms with E-state index >= 15 is 0 Å². The minimum absolute atomic E-state index is 0.0524. The highest BCUT2D eigenvalue weighted by Crippen LogP contribution is 2.29. The molecule has 0 aromatic heterocycles. The van der Waals surface area contributed by atoms with E-state index in [0.29, 0.717) is 12.1 Å². The van der Waals surface area contributed by atoms with E-state index in [9.17, 15) is 9.90 Å². The average molecular weight is 236 g/mol. The number of phenolic OH excluding ortho intramolecular Hbond substituents is 1. The third-order valence-electron chi connectivity index (χ3n) is 2.87. The maximum Gasteiger partial charge on any atom is 0.254 e. The average Bonchev–Trinajstić information content (AvgIpc) is 3.13. The molecule has 1 aromatic rings. The number of benzene rings is 1. The summed E-state index contributed by atoms with van der Waals surface area (Å²) in [6.45, 7) is 0.276. The Bertz CT molecular complexity index is 430. The summed E-state index contributed by atoms with van der Waals surface area (Å²) in [5, 5.41) is 18.4. The van der Waals surface area contributed by atoms with Crippen LogP contribution in [0.2, 0.25) is 0 Å². The van der Waals surface area contributed by atoms with E-state index in [1.165, 1.54) is 12.1 Å². The summed E-state index contributed by atoms with van der Waals surface area (Å²) < 4.78 is 0. The van der Waals surface area contributed by atoms with Crippen molar-refractivity contribution in [2.75, 3.05) is 18.9 Å².